The predicted octanol–water partition coefficient (Wildman–Crippen LogP) is 2.34. The molecule has 1 aromatic carbocycles. The van der Waals surface area contributed by atoms with E-state index >= 15 is 0 Å². The summed E-state index contributed by atoms with van der Waals surface area (Å²) in [5.74, 6) is -0.201. The van der Waals surface area contributed by atoms with Crippen molar-refractivity contribution < 1.29 is 9.90 Å². The van der Waals surface area contributed by atoms with Gasteiger partial charge < -0.3 is 16.2 Å². The van der Waals surface area contributed by atoms with Crippen LogP contribution in [0, 0.1) is 5.41 Å². The number of aliphatic hydroxyl groups excluding tert-OH is 1. The third-order valence-electron chi connectivity index (χ3n) is 4.78. The average molecular weight is 327 g/mol. The molecule has 0 saturated heterocycles. The Morgan fingerprint density at radius 2 is 2.05 bits per heavy atom. The van der Waals surface area contributed by atoms with Gasteiger partial charge >= 0.3 is 0 Å². The SMILES string of the molecule is CC(N)(C(=O)NCC1(C)CCCCC1O)c1ccccc1.Cl. The van der Waals surface area contributed by atoms with Crippen molar-refractivity contribution in [1.29, 1.82) is 0 Å². The van der Waals surface area contributed by atoms with Crippen molar-refractivity contribution in [2.24, 2.45) is 11.1 Å². The van der Waals surface area contributed by atoms with Crippen molar-refractivity contribution >= 4 is 18.3 Å². The minimum atomic E-state index is -1.06. The first-order valence-corrected chi connectivity index (χ1v) is 7.67. The quantitative estimate of drug-likeness (QED) is 0.795. The molecule has 3 atom stereocenters. The average Bonchev–Trinajstić information content (AvgIpc) is 2.49. The molecule has 124 valence electrons. The lowest BCUT2D eigenvalue weighted by atomic mass is 9.73. The molecule has 22 heavy (non-hydrogen) atoms. The summed E-state index contributed by atoms with van der Waals surface area (Å²) in [4.78, 5) is 12.4. The van der Waals surface area contributed by atoms with E-state index in [-0.39, 0.29) is 29.8 Å². The van der Waals surface area contributed by atoms with Gasteiger partial charge in [-0.1, -0.05) is 50.1 Å². The first-order chi connectivity index (χ1) is 9.86. The minimum Gasteiger partial charge on any atom is -0.392 e. The Morgan fingerprint density at radius 3 is 2.64 bits per heavy atom. The van der Waals surface area contributed by atoms with Gasteiger partial charge in [-0.05, 0) is 25.3 Å². The molecule has 1 aliphatic rings. The highest BCUT2D eigenvalue weighted by molar-refractivity contribution is 5.87. The minimum absolute atomic E-state index is 0. The van der Waals surface area contributed by atoms with Crippen LogP contribution in [0.2, 0.25) is 0 Å². The van der Waals surface area contributed by atoms with Crippen LogP contribution in [0.3, 0.4) is 0 Å². The maximum atomic E-state index is 12.4. The third kappa shape index (κ3) is 4.00. The Bertz CT molecular complexity index is 493. The molecule has 0 heterocycles. The Hall–Kier alpha value is -1.10. The second-order valence-electron chi connectivity index (χ2n) is 6.67. The molecule has 1 aromatic rings. The van der Waals surface area contributed by atoms with Gasteiger partial charge in [-0.2, -0.15) is 0 Å². The van der Waals surface area contributed by atoms with Gasteiger partial charge in [-0.15, -0.1) is 12.4 Å². The van der Waals surface area contributed by atoms with Crippen LogP contribution in [0.4, 0.5) is 0 Å². The number of hydrogen-bond donors (Lipinski definition) is 3. The molecule has 4 nitrogen and oxygen atoms in total. The first kappa shape index (κ1) is 18.9. The fraction of sp³-hybridized carbons (Fsp3) is 0.588. The summed E-state index contributed by atoms with van der Waals surface area (Å²) in [6.07, 6.45) is 3.55. The molecule has 0 aromatic heterocycles. The second-order valence-corrected chi connectivity index (χ2v) is 6.67. The number of rotatable bonds is 4. The lowest BCUT2D eigenvalue weighted by Crippen LogP contribution is -2.53. The molecule has 0 radical (unpaired) electrons. The molecule has 3 unspecified atom stereocenters. The van der Waals surface area contributed by atoms with E-state index in [0.717, 1.165) is 31.2 Å². The van der Waals surface area contributed by atoms with E-state index in [1.54, 1.807) is 6.92 Å². The standard InChI is InChI=1S/C17H26N2O2.ClH/c1-16(11-7-6-10-14(16)20)12-19-15(21)17(2,18)13-8-4-3-5-9-13;/h3-5,8-9,14,20H,6-7,10-12,18H2,1-2H3,(H,19,21);1H. The summed E-state index contributed by atoms with van der Waals surface area (Å²) in [5.41, 5.74) is 5.68. The number of benzene rings is 1. The van der Waals surface area contributed by atoms with Crippen LogP contribution in [-0.4, -0.2) is 23.7 Å². The number of hydrogen-bond acceptors (Lipinski definition) is 3. The number of halogens is 1. The van der Waals surface area contributed by atoms with Crippen LogP contribution < -0.4 is 11.1 Å². The summed E-state index contributed by atoms with van der Waals surface area (Å²) >= 11 is 0. The highest BCUT2D eigenvalue weighted by Gasteiger charge is 2.37. The van der Waals surface area contributed by atoms with Crippen molar-refractivity contribution in [3.05, 3.63) is 35.9 Å². The van der Waals surface area contributed by atoms with Gasteiger partial charge in [-0.25, -0.2) is 0 Å². The summed E-state index contributed by atoms with van der Waals surface area (Å²) in [5, 5.41) is 13.1. The van der Waals surface area contributed by atoms with Crippen molar-refractivity contribution in [3.8, 4) is 0 Å². The molecule has 1 fully saturated rings. The van der Waals surface area contributed by atoms with Crippen LogP contribution in [0.1, 0.15) is 45.1 Å². The zero-order valence-corrected chi connectivity index (χ0v) is 14.2. The van der Waals surface area contributed by atoms with Crippen LogP contribution in [0.5, 0.6) is 0 Å². The van der Waals surface area contributed by atoms with Gasteiger partial charge in [0.15, 0.2) is 0 Å². The highest BCUT2D eigenvalue weighted by atomic mass is 35.5. The molecule has 0 bridgehead atoms. The van der Waals surface area contributed by atoms with Crippen molar-refractivity contribution in [2.45, 2.75) is 51.2 Å². The van der Waals surface area contributed by atoms with E-state index in [1.807, 2.05) is 37.3 Å². The number of nitrogens with two attached hydrogens (primary N) is 1. The molecule has 5 heteroatoms. The lowest BCUT2D eigenvalue weighted by Gasteiger charge is -2.39. The zero-order chi connectivity index (χ0) is 15.5. The Kier molecular flexibility index (Phi) is 6.41. The zero-order valence-electron chi connectivity index (χ0n) is 13.3. The van der Waals surface area contributed by atoms with Crippen LogP contribution in [-0.2, 0) is 10.3 Å². The van der Waals surface area contributed by atoms with E-state index < -0.39 is 5.54 Å². The fourth-order valence-corrected chi connectivity index (χ4v) is 2.97. The molecular weight excluding hydrogens is 300 g/mol. The van der Waals surface area contributed by atoms with Gasteiger partial charge in [0.1, 0.15) is 5.54 Å². The molecular formula is C17H27ClN2O2. The van der Waals surface area contributed by atoms with Gasteiger partial charge in [0.05, 0.1) is 6.10 Å². The maximum absolute atomic E-state index is 12.4. The molecule has 1 aliphatic carbocycles. The van der Waals surface area contributed by atoms with E-state index in [0.29, 0.717) is 6.54 Å². The Balaban J connectivity index is 0.00000242. The molecule has 2 rings (SSSR count). The number of aliphatic hydroxyl groups is 1. The molecule has 4 N–H and O–H groups in total. The normalized spacial score (nSPS) is 27.4. The number of amides is 1. The Morgan fingerprint density at radius 1 is 1.41 bits per heavy atom. The molecule has 1 saturated carbocycles. The van der Waals surface area contributed by atoms with Crippen molar-refractivity contribution in [2.75, 3.05) is 6.54 Å². The number of carbonyl (C=O) groups excluding carboxylic acids is 1. The second kappa shape index (κ2) is 7.44. The molecule has 1 amide bonds. The van der Waals surface area contributed by atoms with E-state index in [4.69, 9.17) is 5.73 Å². The summed E-state index contributed by atoms with van der Waals surface area (Å²) < 4.78 is 0. The van der Waals surface area contributed by atoms with Crippen LogP contribution in [0.15, 0.2) is 30.3 Å². The van der Waals surface area contributed by atoms with Crippen molar-refractivity contribution in [3.63, 3.8) is 0 Å². The summed E-state index contributed by atoms with van der Waals surface area (Å²) in [7, 11) is 0. The van der Waals surface area contributed by atoms with E-state index in [1.165, 1.54) is 0 Å². The summed E-state index contributed by atoms with van der Waals surface area (Å²) in [6.45, 7) is 4.22. The first-order valence-electron chi connectivity index (χ1n) is 7.67. The number of nitrogens with one attached hydrogen (secondary N) is 1. The fourth-order valence-electron chi connectivity index (χ4n) is 2.97. The van der Waals surface area contributed by atoms with E-state index in [2.05, 4.69) is 5.32 Å². The van der Waals surface area contributed by atoms with E-state index in [9.17, 15) is 9.90 Å². The van der Waals surface area contributed by atoms with Gasteiger partial charge in [0.2, 0.25) is 5.91 Å². The third-order valence-corrected chi connectivity index (χ3v) is 4.78. The van der Waals surface area contributed by atoms with Gasteiger partial charge in [-0.3, -0.25) is 4.79 Å². The van der Waals surface area contributed by atoms with Crippen molar-refractivity contribution in [1.82, 2.24) is 5.32 Å². The van der Waals surface area contributed by atoms with Crippen LogP contribution in [0.25, 0.3) is 0 Å². The summed E-state index contributed by atoms with van der Waals surface area (Å²) in [6, 6.07) is 9.37. The Labute approximate surface area is 138 Å². The highest BCUT2D eigenvalue weighted by Crippen LogP contribution is 2.35. The smallest absolute Gasteiger partial charge is 0.244 e. The topological polar surface area (TPSA) is 75.4 Å². The van der Waals surface area contributed by atoms with Gasteiger partial charge in [0, 0.05) is 12.0 Å². The van der Waals surface area contributed by atoms with Gasteiger partial charge in [0.25, 0.3) is 0 Å². The lowest BCUT2D eigenvalue weighted by molar-refractivity contribution is -0.127. The predicted molar refractivity (Wildman–Crippen MR) is 90.8 cm³/mol. The van der Waals surface area contributed by atoms with Crippen LogP contribution >= 0.6 is 12.4 Å². The molecule has 0 aliphatic heterocycles. The monoisotopic (exact) mass is 326 g/mol. The number of carbonyl (C=O) groups is 1. The largest absolute Gasteiger partial charge is 0.392 e. The maximum Gasteiger partial charge on any atom is 0.244 e. The molecule has 0 spiro atoms.